The molecule has 0 radical (unpaired) electrons. The molecule has 1 N–H and O–H groups in total. The van der Waals surface area contributed by atoms with Crippen LogP contribution in [-0.2, 0) is 11.2 Å². The number of anilines is 1. The van der Waals surface area contributed by atoms with Crippen molar-refractivity contribution in [2.24, 2.45) is 0 Å². The van der Waals surface area contributed by atoms with E-state index in [9.17, 15) is 4.79 Å². The Bertz CT molecular complexity index is 1110. The number of carbonyl (C=O) groups is 1. The van der Waals surface area contributed by atoms with Gasteiger partial charge in [-0.1, -0.05) is 41.9 Å². The molecule has 0 aliphatic rings. The van der Waals surface area contributed by atoms with E-state index in [0.29, 0.717) is 16.5 Å². The first-order valence-corrected chi connectivity index (χ1v) is 9.54. The number of methoxy groups -OCH3 is 1. The molecule has 2 aromatic heterocycles. The summed E-state index contributed by atoms with van der Waals surface area (Å²) in [5.41, 5.74) is 3.37. The lowest BCUT2D eigenvalue weighted by Crippen LogP contribution is -2.15. The van der Waals surface area contributed by atoms with Crippen molar-refractivity contribution in [1.29, 1.82) is 0 Å². The van der Waals surface area contributed by atoms with Crippen LogP contribution in [0.15, 0.2) is 60.1 Å². The van der Waals surface area contributed by atoms with Crippen LogP contribution < -0.4 is 10.1 Å². The molecule has 0 unspecified atom stereocenters. The van der Waals surface area contributed by atoms with Gasteiger partial charge in [-0.15, -0.1) is 23.7 Å². The van der Waals surface area contributed by atoms with E-state index in [2.05, 4.69) is 10.3 Å². The number of amides is 1. The van der Waals surface area contributed by atoms with Gasteiger partial charge in [-0.2, -0.15) is 0 Å². The molecule has 28 heavy (non-hydrogen) atoms. The smallest absolute Gasteiger partial charge is 0.230 e. The van der Waals surface area contributed by atoms with Gasteiger partial charge >= 0.3 is 0 Å². The van der Waals surface area contributed by atoms with Gasteiger partial charge in [0, 0.05) is 27.9 Å². The minimum absolute atomic E-state index is 0. The number of nitrogens with zero attached hydrogens (tertiary/aromatic N) is 2. The Labute approximate surface area is 177 Å². The Balaban J connectivity index is 0.00000225. The standard InChI is InChI=1S/C20H16ClN3O2S.ClH/c1-26-18-8-7-14(21)9-16(18)22-19(25)10-15-12-27-20-23-17(11-24(15)20)13-5-3-2-4-6-13;/h2-9,11-12H,10H2,1H3,(H,22,25);1H. The molecule has 0 atom stereocenters. The Morgan fingerprint density at radius 3 is 2.79 bits per heavy atom. The van der Waals surface area contributed by atoms with Gasteiger partial charge in [-0.3, -0.25) is 9.20 Å². The molecule has 0 fully saturated rings. The number of aromatic nitrogens is 2. The van der Waals surface area contributed by atoms with E-state index in [4.69, 9.17) is 16.3 Å². The predicted octanol–water partition coefficient (Wildman–Crippen LogP) is 5.33. The largest absolute Gasteiger partial charge is 0.495 e. The van der Waals surface area contributed by atoms with E-state index in [1.807, 2.05) is 46.3 Å². The fourth-order valence-electron chi connectivity index (χ4n) is 2.84. The van der Waals surface area contributed by atoms with Crippen LogP contribution in [0.5, 0.6) is 5.75 Å². The van der Waals surface area contributed by atoms with Crippen molar-refractivity contribution in [3.63, 3.8) is 0 Å². The van der Waals surface area contributed by atoms with Gasteiger partial charge in [-0.25, -0.2) is 4.98 Å². The van der Waals surface area contributed by atoms with Gasteiger partial charge in [0.05, 0.1) is 24.9 Å². The van der Waals surface area contributed by atoms with Crippen molar-refractivity contribution in [3.8, 4) is 17.0 Å². The van der Waals surface area contributed by atoms with Gasteiger partial charge in [0.15, 0.2) is 4.96 Å². The number of hydrogen-bond acceptors (Lipinski definition) is 4. The Morgan fingerprint density at radius 2 is 2.04 bits per heavy atom. The third-order valence-electron chi connectivity index (χ3n) is 4.13. The van der Waals surface area contributed by atoms with E-state index in [1.165, 1.54) is 11.3 Å². The fraction of sp³-hybridized carbons (Fsp3) is 0.100. The monoisotopic (exact) mass is 433 g/mol. The first-order chi connectivity index (χ1) is 13.1. The number of halogens is 2. The number of hydrogen-bond donors (Lipinski definition) is 1. The molecule has 8 heteroatoms. The molecule has 0 saturated carbocycles. The summed E-state index contributed by atoms with van der Waals surface area (Å²) in [5, 5.41) is 5.35. The number of nitrogens with one attached hydrogen (secondary N) is 1. The van der Waals surface area contributed by atoms with E-state index in [0.717, 1.165) is 21.9 Å². The van der Waals surface area contributed by atoms with E-state index < -0.39 is 0 Å². The second-order valence-corrected chi connectivity index (χ2v) is 7.21. The number of thiazole rings is 1. The maximum absolute atomic E-state index is 12.5. The highest BCUT2D eigenvalue weighted by atomic mass is 35.5. The number of ether oxygens (including phenoxy) is 1. The lowest BCUT2D eigenvalue weighted by Gasteiger charge is -2.10. The summed E-state index contributed by atoms with van der Waals surface area (Å²) in [7, 11) is 1.55. The molecule has 4 rings (SSSR count). The van der Waals surface area contributed by atoms with Crippen molar-refractivity contribution in [2.45, 2.75) is 6.42 Å². The summed E-state index contributed by atoms with van der Waals surface area (Å²) in [6.45, 7) is 0. The van der Waals surface area contributed by atoms with Crippen LogP contribution in [0.2, 0.25) is 5.02 Å². The van der Waals surface area contributed by atoms with Crippen molar-refractivity contribution in [3.05, 3.63) is 70.8 Å². The molecule has 2 aromatic carbocycles. The van der Waals surface area contributed by atoms with E-state index in [1.54, 1.807) is 25.3 Å². The van der Waals surface area contributed by atoms with Gasteiger partial charge < -0.3 is 10.1 Å². The molecule has 144 valence electrons. The van der Waals surface area contributed by atoms with Crippen LogP contribution in [0, 0.1) is 0 Å². The molecule has 5 nitrogen and oxygen atoms in total. The Kier molecular flexibility index (Phi) is 6.24. The molecule has 4 aromatic rings. The Morgan fingerprint density at radius 1 is 1.25 bits per heavy atom. The maximum atomic E-state index is 12.5. The van der Waals surface area contributed by atoms with Gasteiger partial charge in [0.2, 0.25) is 5.91 Å². The number of rotatable bonds is 5. The number of imidazole rings is 1. The first kappa shape index (κ1) is 20.2. The van der Waals surface area contributed by atoms with Gasteiger partial charge in [-0.05, 0) is 18.2 Å². The van der Waals surface area contributed by atoms with Crippen LogP contribution in [0.1, 0.15) is 5.69 Å². The number of fused-ring (bicyclic) bond motifs is 1. The van der Waals surface area contributed by atoms with Crippen molar-refractivity contribution in [2.75, 3.05) is 12.4 Å². The van der Waals surface area contributed by atoms with Crippen LogP contribution >= 0.6 is 35.3 Å². The summed E-state index contributed by atoms with van der Waals surface area (Å²) in [6.07, 6.45) is 2.18. The molecule has 2 heterocycles. The van der Waals surface area contributed by atoms with E-state index in [-0.39, 0.29) is 24.7 Å². The second kappa shape index (κ2) is 8.65. The highest BCUT2D eigenvalue weighted by Crippen LogP contribution is 2.28. The summed E-state index contributed by atoms with van der Waals surface area (Å²) in [4.78, 5) is 18.0. The summed E-state index contributed by atoms with van der Waals surface area (Å²) >= 11 is 7.54. The highest BCUT2D eigenvalue weighted by molar-refractivity contribution is 7.15. The summed E-state index contributed by atoms with van der Waals surface area (Å²) < 4.78 is 7.23. The summed E-state index contributed by atoms with van der Waals surface area (Å²) in [5.74, 6) is 0.419. The molecule has 0 bridgehead atoms. The SMILES string of the molecule is COc1ccc(Cl)cc1NC(=O)Cc1csc2nc(-c3ccccc3)cn12.Cl. The van der Waals surface area contributed by atoms with Crippen LogP contribution in [0.3, 0.4) is 0 Å². The van der Waals surface area contributed by atoms with Crippen molar-refractivity contribution < 1.29 is 9.53 Å². The molecule has 0 aliphatic heterocycles. The predicted molar refractivity (Wildman–Crippen MR) is 116 cm³/mol. The topological polar surface area (TPSA) is 55.6 Å². The van der Waals surface area contributed by atoms with Crippen molar-refractivity contribution >= 4 is 51.9 Å². The van der Waals surface area contributed by atoms with E-state index >= 15 is 0 Å². The number of benzene rings is 2. The maximum Gasteiger partial charge on any atom is 0.230 e. The quantitative estimate of drug-likeness (QED) is 0.462. The molecule has 0 spiro atoms. The third-order valence-corrected chi connectivity index (χ3v) is 5.25. The number of carbonyl (C=O) groups excluding carboxylic acids is 1. The lowest BCUT2D eigenvalue weighted by atomic mass is 10.2. The highest BCUT2D eigenvalue weighted by Gasteiger charge is 2.14. The zero-order valence-electron chi connectivity index (χ0n) is 14.9. The molecular formula is C20H17Cl2N3O2S. The van der Waals surface area contributed by atoms with Gasteiger partial charge in [0.1, 0.15) is 5.75 Å². The minimum atomic E-state index is -0.148. The zero-order chi connectivity index (χ0) is 18.8. The fourth-order valence-corrected chi connectivity index (χ4v) is 3.89. The Hall–Kier alpha value is -2.54. The average molecular weight is 434 g/mol. The van der Waals surface area contributed by atoms with Crippen LogP contribution in [0.4, 0.5) is 5.69 Å². The molecule has 1 amide bonds. The lowest BCUT2D eigenvalue weighted by molar-refractivity contribution is -0.115. The second-order valence-electron chi connectivity index (χ2n) is 5.94. The van der Waals surface area contributed by atoms with Crippen LogP contribution in [-0.4, -0.2) is 22.4 Å². The molecule has 0 saturated heterocycles. The van der Waals surface area contributed by atoms with Crippen LogP contribution in [0.25, 0.3) is 16.2 Å². The van der Waals surface area contributed by atoms with Gasteiger partial charge in [0.25, 0.3) is 0 Å². The molecular weight excluding hydrogens is 417 g/mol. The average Bonchev–Trinajstić information content (AvgIpc) is 3.25. The zero-order valence-corrected chi connectivity index (χ0v) is 17.3. The normalized spacial score (nSPS) is 10.5. The summed E-state index contributed by atoms with van der Waals surface area (Å²) in [6, 6.07) is 15.1. The third kappa shape index (κ3) is 4.14. The minimum Gasteiger partial charge on any atom is -0.495 e. The molecule has 0 aliphatic carbocycles. The first-order valence-electron chi connectivity index (χ1n) is 8.28. The van der Waals surface area contributed by atoms with Crippen molar-refractivity contribution in [1.82, 2.24) is 9.38 Å².